The van der Waals surface area contributed by atoms with Gasteiger partial charge in [-0.05, 0) is 74.7 Å². The van der Waals surface area contributed by atoms with Gasteiger partial charge in [0.2, 0.25) is 5.88 Å². The lowest BCUT2D eigenvalue weighted by atomic mass is 10.1. The van der Waals surface area contributed by atoms with Gasteiger partial charge in [-0.15, -0.1) is 5.10 Å². The summed E-state index contributed by atoms with van der Waals surface area (Å²) >= 11 is 0. The Bertz CT molecular complexity index is 1510. The van der Waals surface area contributed by atoms with Crippen LogP contribution in [0.4, 0.5) is 11.4 Å². The molecule has 0 saturated heterocycles. The molecule has 0 aliphatic carbocycles. The molecule has 0 fully saturated rings. The maximum absolute atomic E-state index is 12.8. The Morgan fingerprint density at radius 3 is 2.31 bits per heavy atom. The predicted molar refractivity (Wildman–Crippen MR) is 135 cm³/mol. The molecule has 0 aliphatic rings. The highest BCUT2D eigenvalue weighted by atomic mass is 32.2. The Hall–Kier alpha value is -3.92. The number of ether oxygens (including phenoxy) is 1. The number of hydrogen-bond acceptors (Lipinski definition) is 6. The van der Waals surface area contributed by atoms with E-state index in [0.29, 0.717) is 22.9 Å². The van der Waals surface area contributed by atoms with Gasteiger partial charge in [0.1, 0.15) is 0 Å². The second-order valence-corrected chi connectivity index (χ2v) is 10.1. The van der Waals surface area contributed by atoms with E-state index >= 15 is 0 Å². The first kappa shape index (κ1) is 24.2. The van der Waals surface area contributed by atoms with E-state index < -0.39 is 15.9 Å². The van der Waals surface area contributed by atoms with Crippen molar-refractivity contribution < 1.29 is 17.9 Å². The van der Waals surface area contributed by atoms with E-state index in [0.717, 1.165) is 27.8 Å². The fourth-order valence-corrected chi connectivity index (χ4v) is 5.07. The molecule has 4 aromatic rings. The van der Waals surface area contributed by atoms with Gasteiger partial charge in [0.15, 0.2) is 12.3 Å². The Labute approximate surface area is 204 Å². The molecule has 0 radical (unpaired) electrons. The molecular formula is C25H27N5O4S. The van der Waals surface area contributed by atoms with Gasteiger partial charge >= 0.3 is 0 Å². The maximum atomic E-state index is 12.8. The zero-order valence-electron chi connectivity index (χ0n) is 20.2. The minimum Gasteiger partial charge on any atom is -0.466 e. The number of fused-ring (bicyclic) bond motifs is 1. The Morgan fingerprint density at radius 2 is 1.66 bits per heavy atom. The zero-order valence-corrected chi connectivity index (χ0v) is 21.0. The zero-order chi connectivity index (χ0) is 25.3. The number of carbonyl (C=O) groups excluding carboxylic acids is 1. The molecule has 2 aromatic heterocycles. The summed E-state index contributed by atoms with van der Waals surface area (Å²) in [5.74, 6) is -0.0625. The van der Waals surface area contributed by atoms with E-state index in [1.807, 2.05) is 52.0 Å². The minimum absolute atomic E-state index is 0.0904. The number of aryl methyl sites for hydroxylation is 5. The molecule has 0 atom stereocenters. The lowest BCUT2D eigenvalue weighted by Crippen LogP contribution is -2.20. The third-order valence-electron chi connectivity index (χ3n) is 5.59. The van der Waals surface area contributed by atoms with E-state index in [9.17, 15) is 13.2 Å². The van der Waals surface area contributed by atoms with Gasteiger partial charge in [0.05, 0.1) is 16.0 Å². The van der Waals surface area contributed by atoms with Crippen LogP contribution >= 0.6 is 0 Å². The average Bonchev–Trinajstić information content (AvgIpc) is 3.11. The van der Waals surface area contributed by atoms with Crippen LogP contribution in [0.15, 0.2) is 53.4 Å². The Morgan fingerprint density at radius 1 is 1.00 bits per heavy atom. The molecule has 0 spiro atoms. The van der Waals surface area contributed by atoms with Crippen molar-refractivity contribution >= 4 is 38.3 Å². The summed E-state index contributed by atoms with van der Waals surface area (Å²) in [5, 5.41) is 7.80. The number of carbonyl (C=O) groups is 1. The molecule has 2 heterocycles. The van der Waals surface area contributed by atoms with Gasteiger partial charge in [0.25, 0.3) is 15.9 Å². The fraction of sp³-hybridized carbons (Fsp3) is 0.240. The maximum Gasteiger partial charge on any atom is 0.262 e. The predicted octanol–water partition coefficient (Wildman–Crippen LogP) is 4.02. The normalized spacial score (nSPS) is 11.5. The number of hydrogen-bond donors (Lipinski definition) is 2. The molecule has 182 valence electrons. The van der Waals surface area contributed by atoms with Gasteiger partial charge in [-0.1, -0.05) is 18.2 Å². The van der Waals surface area contributed by atoms with Gasteiger partial charge in [-0.3, -0.25) is 9.52 Å². The molecule has 10 heteroatoms. The first-order valence-corrected chi connectivity index (χ1v) is 12.5. The molecule has 0 aliphatic heterocycles. The van der Waals surface area contributed by atoms with Crippen molar-refractivity contribution in [2.75, 3.05) is 16.6 Å². The number of sulfonamides is 1. The van der Waals surface area contributed by atoms with Crippen molar-refractivity contribution in [1.29, 1.82) is 0 Å². The number of rotatable bonds is 7. The van der Waals surface area contributed by atoms with Crippen LogP contribution in [0.2, 0.25) is 0 Å². The van der Waals surface area contributed by atoms with Gasteiger partial charge < -0.3 is 10.1 Å². The van der Waals surface area contributed by atoms with Crippen LogP contribution in [-0.4, -0.2) is 35.7 Å². The quantitative estimate of drug-likeness (QED) is 0.402. The van der Waals surface area contributed by atoms with Crippen LogP contribution in [0.5, 0.6) is 5.88 Å². The van der Waals surface area contributed by atoms with Crippen LogP contribution in [0.3, 0.4) is 0 Å². The summed E-state index contributed by atoms with van der Waals surface area (Å²) in [6, 6.07) is 13.4. The second kappa shape index (κ2) is 9.38. The van der Waals surface area contributed by atoms with Crippen molar-refractivity contribution in [2.24, 2.45) is 7.05 Å². The third-order valence-corrected chi connectivity index (χ3v) is 6.96. The summed E-state index contributed by atoms with van der Waals surface area (Å²) in [7, 11) is -2.01. The number of pyridine rings is 1. The number of benzene rings is 2. The Balaban J connectivity index is 1.42. The molecule has 2 N–H and O–H groups in total. The van der Waals surface area contributed by atoms with Crippen molar-refractivity contribution in [3.05, 3.63) is 70.9 Å². The number of aromatic nitrogens is 3. The fourth-order valence-electron chi connectivity index (χ4n) is 3.87. The van der Waals surface area contributed by atoms with E-state index in [-0.39, 0.29) is 11.5 Å². The van der Waals surface area contributed by atoms with Crippen molar-refractivity contribution in [1.82, 2.24) is 14.8 Å². The number of para-hydroxylation sites is 1. The van der Waals surface area contributed by atoms with Crippen LogP contribution in [0.1, 0.15) is 22.4 Å². The van der Waals surface area contributed by atoms with Gasteiger partial charge in [-0.25, -0.2) is 18.1 Å². The average molecular weight is 494 g/mol. The third kappa shape index (κ3) is 5.12. The minimum atomic E-state index is -3.78. The topological polar surface area (TPSA) is 115 Å². The summed E-state index contributed by atoms with van der Waals surface area (Å²) in [6.07, 6.45) is 0. The van der Waals surface area contributed by atoms with Crippen LogP contribution < -0.4 is 14.8 Å². The number of amides is 1. The molecule has 1 amide bonds. The smallest absolute Gasteiger partial charge is 0.262 e. The summed E-state index contributed by atoms with van der Waals surface area (Å²) in [5.41, 5.74) is 5.19. The monoisotopic (exact) mass is 493 g/mol. The number of nitrogens with one attached hydrogen (secondary N) is 2. The van der Waals surface area contributed by atoms with Crippen LogP contribution in [0, 0.1) is 27.7 Å². The lowest BCUT2D eigenvalue weighted by Gasteiger charge is -2.13. The summed E-state index contributed by atoms with van der Waals surface area (Å²) in [4.78, 5) is 17.0. The van der Waals surface area contributed by atoms with E-state index in [1.165, 1.54) is 24.3 Å². The molecular weight excluding hydrogens is 466 g/mol. The Kier molecular flexibility index (Phi) is 6.49. The first-order valence-electron chi connectivity index (χ1n) is 11.0. The van der Waals surface area contributed by atoms with Crippen LogP contribution in [0.25, 0.3) is 11.0 Å². The lowest BCUT2D eigenvalue weighted by molar-refractivity contribution is -0.118. The van der Waals surface area contributed by atoms with E-state index in [1.54, 1.807) is 11.7 Å². The highest BCUT2D eigenvalue weighted by molar-refractivity contribution is 7.92. The molecule has 0 bridgehead atoms. The van der Waals surface area contributed by atoms with E-state index in [4.69, 9.17) is 4.74 Å². The van der Waals surface area contributed by atoms with Crippen molar-refractivity contribution in [3.63, 3.8) is 0 Å². The first-order chi connectivity index (χ1) is 16.5. The highest BCUT2D eigenvalue weighted by Crippen LogP contribution is 2.27. The highest BCUT2D eigenvalue weighted by Gasteiger charge is 2.18. The summed E-state index contributed by atoms with van der Waals surface area (Å²) < 4.78 is 35.6. The standard InChI is InChI=1S/C25H27N5O4S/c1-15-7-6-8-16(2)23(15)29-35(32,33)20-11-9-19(10-12-20)27-21(31)14-34-25-22-17(3)13-18(4)26-24(22)30(5)28-25/h6-13,29H,14H2,1-5H3,(H,27,31). The number of anilines is 2. The second-order valence-electron chi connectivity index (χ2n) is 8.44. The van der Waals surface area contributed by atoms with Gasteiger partial charge in [-0.2, -0.15) is 0 Å². The molecule has 0 saturated carbocycles. The molecule has 35 heavy (non-hydrogen) atoms. The molecule has 9 nitrogen and oxygen atoms in total. The van der Waals surface area contributed by atoms with Crippen molar-refractivity contribution in [3.8, 4) is 5.88 Å². The largest absolute Gasteiger partial charge is 0.466 e. The van der Waals surface area contributed by atoms with E-state index in [2.05, 4.69) is 20.1 Å². The van der Waals surface area contributed by atoms with Gasteiger partial charge in [0, 0.05) is 18.4 Å². The van der Waals surface area contributed by atoms with Crippen molar-refractivity contribution in [2.45, 2.75) is 32.6 Å². The molecule has 0 unspecified atom stereocenters. The SMILES string of the molecule is Cc1cc(C)c2c(OCC(=O)Nc3ccc(S(=O)(=O)Nc4c(C)cccc4C)cc3)nn(C)c2n1. The number of nitrogens with zero attached hydrogens (tertiary/aromatic N) is 3. The molecule has 2 aromatic carbocycles. The summed E-state index contributed by atoms with van der Waals surface area (Å²) in [6.45, 7) is 7.28. The van der Waals surface area contributed by atoms with Crippen LogP contribution in [-0.2, 0) is 21.9 Å². The molecule has 4 rings (SSSR count).